The predicted octanol–water partition coefficient (Wildman–Crippen LogP) is 1.64. The van der Waals surface area contributed by atoms with Crippen LogP contribution in [0.25, 0.3) is 0 Å². The first-order valence-corrected chi connectivity index (χ1v) is 4.65. The van der Waals surface area contributed by atoms with Gasteiger partial charge in [0.15, 0.2) is 11.6 Å². The average molecular weight is 216 g/mol. The second-order valence-electron chi connectivity index (χ2n) is 4.09. The standard InChI is InChI=1S/C11H14F2O2/c1-11(2,15)9(14)6-7-4-3-5-8(12)10(7)13/h3-5,9,14-15H,6H2,1-2H3. The zero-order valence-corrected chi connectivity index (χ0v) is 8.67. The molecule has 1 rings (SSSR count). The van der Waals surface area contributed by atoms with Crippen LogP contribution in [0.3, 0.4) is 0 Å². The lowest BCUT2D eigenvalue weighted by Crippen LogP contribution is -2.37. The maximum Gasteiger partial charge on any atom is 0.162 e. The first-order valence-electron chi connectivity index (χ1n) is 4.65. The van der Waals surface area contributed by atoms with E-state index in [0.29, 0.717) is 0 Å². The molecule has 0 spiro atoms. The summed E-state index contributed by atoms with van der Waals surface area (Å²) in [7, 11) is 0. The SMILES string of the molecule is CC(C)(O)C(O)Cc1cccc(F)c1F. The van der Waals surface area contributed by atoms with E-state index in [1.165, 1.54) is 26.0 Å². The second kappa shape index (κ2) is 4.24. The number of benzene rings is 1. The third-order valence-electron chi connectivity index (χ3n) is 2.26. The lowest BCUT2D eigenvalue weighted by atomic mass is 9.95. The maximum absolute atomic E-state index is 13.2. The van der Waals surface area contributed by atoms with Crippen LogP contribution in [0.4, 0.5) is 8.78 Å². The second-order valence-corrected chi connectivity index (χ2v) is 4.09. The molecule has 15 heavy (non-hydrogen) atoms. The summed E-state index contributed by atoms with van der Waals surface area (Å²) in [5, 5.41) is 19.0. The highest BCUT2D eigenvalue weighted by molar-refractivity contribution is 5.20. The van der Waals surface area contributed by atoms with Gasteiger partial charge in [0.2, 0.25) is 0 Å². The largest absolute Gasteiger partial charge is 0.390 e. The van der Waals surface area contributed by atoms with Gasteiger partial charge < -0.3 is 10.2 Å². The Hall–Kier alpha value is -1.00. The minimum atomic E-state index is -1.33. The zero-order valence-electron chi connectivity index (χ0n) is 8.67. The Balaban J connectivity index is 2.86. The Morgan fingerprint density at radius 1 is 1.33 bits per heavy atom. The van der Waals surface area contributed by atoms with E-state index < -0.39 is 23.3 Å². The van der Waals surface area contributed by atoms with Crippen molar-refractivity contribution in [3.05, 3.63) is 35.4 Å². The van der Waals surface area contributed by atoms with Gasteiger partial charge in [-0.15, -0.1) is 0 Å². The number of rotatable bonds is 3. The van der Waals surface area contributed by atoms with Gasteiger partial charge in [0.25, 0.3) is 0 Å². The van der Waals surface area contributed by atoms with Crippen molar-refractivity contribution in [2.24, 2.45) is 0 Å². The number of aliphatic hydroxyl groups excluding tert-OH is 1. The highest BCUT2D eigenvalue weighted by Gasteiger charge is 2.25. The third kappa shape index (κ3) is 2.97. The zero-order chi connectivity index (χ0) is 11.6. The minimum absolute atomic E-state index is 0.0598. The van der Waals surface area contributed by atoms with Crippen LogP contribution in [0.1, 0.15) is 19.4 Å². The molecule has 0 aliphatic heterocycles. The van der Waals surface area contributed by atoms with Gasteiger partial charge in [0, 0.05) is 6.42 Å². The lowest BCUT2D eigenvalue weighted by molar-refractivity contribution is -0.0473. The van der Waals surface area contributed by atoms with Gasteiger partial charge in [-0.25, -0.2) is 8.78 Å². The molecular weight excluding hydrogens is 202 g/mol. The maximum atomic E-state index is 13.2. The van der Waals surface area contributed by atoms with Crippen molar-refractivity contribution in [1.82, 2.24) is 0 Å². The van der Waals surface area contributed by atoms with Crippen LogP contribution in [0.2, 0.25) is 0 Å². The summed E-state index contributed by atoms with van der Waals surface area (Å²) in [5.74, 6) is -1.92. The predicted molar refractivity (Wildman–Crippen MR) is 52.4 cm³/mol. The van der Waals surface area contributed by atoms with Crippen molar-refractivity contribution in [3.8, 4) is 0 Å². The monoisotopic (exact) mass is 216 g/mol. The molecule has 1 aromatic rings. The molecule has 1 atom stereocenters. The molecule has 0 aliphatic carbocycles. The quantitative estimate of drug-likeness (QED) is 0.806. The molecule has 84 valence electrons. The summed E-state index contributed by atoms with van der Waals surface area (Å²) < 4.78 is 26.0. The molecule has 0 aromatic heterocycles. The van der Waals surface area contributed by atoms with Gasteiger partial charge in [-0.05, 0) is 25.5 Å². The molecular formula is C11H14F2O2. The van der Waals surface area contributed by atoms with Crippen LogP contribution >= 0.6 is 0 Å². The molecule has 0 bridgehead atoms. The normalized spacial score (nSPS) is 14.0. The first kappa shape index (κ1) is 12.1. The van der Waals surface area contributed by atoms with E-state index in [2.05, 4.69) is 0 Å². The van der Waals surface area contributed by atoms with Crippen LogP contribution in [0.15, 0.2) is 18.2 Å². The third-order valence-corrected chi connectivity index (χ3v) is 2.26. The minimum Gasteiger partial charge on any atom is -0.390 e. The topological polar surface area (TPSA) is 40.5 Å². The molecule has 0 saturated heterocycles. The van der Waals surface area contributed by atoms with Gasteiger partial charge in [-0.2, -0.15) is 0 Å². The molecule has 0 heterocycles. The number of halogens is 2. The molecule has 1 unspecified atom stereocenters. The van der Waals surface area contributed by atoms with Crippen molar-refractivity contribution < 1.29 is 19.0 Å². The molecule has 0 amide bonds. The number of hydrogen-bond donors (Lipinski definition) is 2. The highest BCUT2D eigenvalue weighted by atomic mass is 19.2. The van der Waals surface area contributed by atoms with Crippen LogP contribution in [-0.2, 0) is 6.42 Å². The highest BCUT2D eigenvalue weighted by Crippen LogP contribution is 2.18. The van der Waals surface area contributed by atoms with Gasteiger partial charge in [-0.3, -0.25) is 0 Å². The summed E-state index contributed by atoms with van der Waals surface area (Å²) in [6.07, 6.45) is -1.25. The van der Waals surface area contributed by atoms with E-state index in [1.807, 2.05) is 0 Å². The van der Waals surface area contributed by atoms with Crippen molar-refractivity contribution in [2.45, 2.75) is 32.0 Å². The Labute approximate surface area is 87.2 Å². The Morgan fingerprint density at radius 3 is 2.47 bits per heavy atom. The van der Waals surface area contributed by atoms with Crippen LogP contribution in [-0.4, -0.2) is 21.9 Å². The van der Waals surface area contributed by atoms with E-state index >= 15 is 0 Å². The molecule has 0 fully saturated rings. The van der Waals surface area contributed by atoms with Crippen molar-refractivity contribution >= 4 is 0 Å². The fraction of sp³-hybridized carbons (Fsp3) is 0.455. The van der Waals surface area contributed by atoms with Gasteiger partial charge in [0.05, 0.1) is 11.7 Å². The van der Waals surface area contributed by atoms with E-state index in [-0.39, 0.29) is 12.0 Å². The van der Waals surface area contributed by atoms with Crippen LogP contribution in [0, 0.1) is 11.6 Å². The fourth-order valence-electron chi connectivity index (χ4n) is 1.16. The summed E-state index contributed by atoms with van der Waals surface area (Å²) in [6, 6.07) is 3.76. The Bertz CT molecular complexity index is 345. The van der Waals surface area contributed by atoms with Crippen molar-refractivity contribution in [1.29, 1.82) is 0 Å². The summed E-state index contributed by atoms with van der Waals surface area (Å²) in [6.45, 7) is 2.82. The molecule has 4 heteroatoms. The molecule has 2 nitrogen and oxygen atoms in total. The smallest absolute Gasteiger partial charge is 0.162 e. The average Bonchev–Trinajstić information content (AvgIpc) is 2.11. The number of hydrogen-bond acceptors (Lipinski definition) is 2. The van der Waals surface area contributed by atoms with Crippen LogP contribution in [0.5, 0.6) is 0 Å². The lowest BCUT2D eigenvalue weighted by Gasteiger charge is -2.24. The molecule has 2 N–H and O–H groups in total. The van der Waals surface area contributed by atoms with E-state index in [1.54, 1.807) is 0 Å². The van der Waals surface area contributed by atoms with Gasteiger partial charge >= 0.3 is 0 Å². The Morgan fingerprint density at radius 2 is 1.93 bits per heavy atom. The number of aliphatic hydroxyl groups is 2. The van der Waals surface area contributed by atoms with Gasteiger partial charge in [0.1, 0.15) is 0 Å². The van der Waals surface area contributed by atoms with E-state index in [4.69, 9.17) is 0 Å². The summed E-state index contributed by atoms with van der Waals surface area (Å²) in [5.41, 5.74) is -1.27. The van der Waals surface area contributed by atoms with E-state index in [0.717, 1.165) is 6.07 Å². The van der Waals surface area contributed by atoms with Gasteiger partial charge in [-0.1, -0.05) is 12.1 Å². The van der Waals surface area contributed by atoms with Crippen molar-refractivity contribution in [2.75, 3.05) is 0 Å². The Kier molecular flexibility index (Phi) is 3.42. The molecule has 0 aliphatic rings. The summed E-state index contributed by atoms with van der Waals surface area (Å²) >= 11 is 0. The molecule has 0 saturated carbocycles. The molecule has 0 radical (unpaired) electrons. The van der Waals surface area contributed by atoms with E-state index in [9.17, 15) is 19.0 Å². The summed E-state index contributed by atoms with van der Waals surface area (Å²) in [4.78, 5) is 0. The fourth-order valence-corrected chi connectivity index (χ4v) is 1.16. The van der Waals surface area contributed by atoms with Crippen LogP contribution < -0.4 is 0 Å². The molecule has 1 aromatic carbocycles. The first-order chi connectivity index (χ1) is 6.82. The van der Waals surface area contributed by atoms with Crippen molar-refractivity contribution in [3.63, 3.8) is 0 Å².